The van der Waals surface area contributed by atoms with E-state index >= 15 is 0 Å². The van der Waals surface area contributed by atoms with Crippen molar-refractivity contribution in [2.75, 3.05) is 0 Å². The molecule has 8 heavy (non-hydrogen) atoms. The molecule has 1 aromatic rings. The Kier molecular flexibility index (Phi) is 2.04. The predicted octanol–water partition coefficient (Wildman–Crippen LogP) is -4.44. The van der Waals surface area contributed by atoms with Crippen molar-refractivity contribution in [3.63, 3.8) is 0 Å². The molecular weight excluding hydrogens is 88.9 g/mol. The van der Waals surface area contributed by atoms with Gasteiger partial charge in [0.25, 0.3) is 0 Å². The molecule has 0 aliphatic carbocycles. The van der Waals surface area contributed by atoms with Crippen molar-refractivity contribution in [1.29, 1.82) is 0 Å². The molecular formula is C2H4B6. The Balaban J connectivity index is 3.13. The first-order valence-electron chi connectivity index (χ1n) is 2.83. The normalized spacial score (nSPS) is 7.00. The van der Waals surface area contributed by atoms with Crippen LogP contribution >= 0.6 is 0 Å². The van der Waals surface area contributed by atoms with Crippen molar-refractivity contribution in [3.8, 4) is 0 Å². The molecule has 0 N–H and O–H groups in total. The molecule has 0 aliphatic heterocycles. The second-order valence-electron chi connectivity index (χ2n) is 2.08. The molecule has 1 heterocycles. The van der Waals surface area contributed by atoms with Gasteiger partial charge in [-0.05, 0) is 0 Å². The summed E-state index contributed by atoms with van der Waals surface area (Å²) < 4.78 is 0. The molecule has 0 saturated carbocycles. The zero-order valence-electron chi connectivity index (χ0n) is 5.31. The Morgan fingerprint density at radius 2 is 1.25 bits per heavy atom. The van der Waals surface area contributed by atoms with Gasteiger partial charge >= 0.3 is 53.4 Å². The van der Waals surface area contributed by atoms with Gasteiger partial charge in [0.2, 0.25) is 0 Å². The van der Waals surface area contributed by atoms with Crippen molar-refractivity contribution < 1.29 is 0 Å². The molecule has 0 fully saturated rings. The van der Waals surface area contributed by atoms with Gasteiger partial charge in [-0.1, -0.05) is 0 Å². The molecule has 0 amide bonds. The van der Waals surface area contributed by atoms with Gasteiger partial charge in [-0.2, -0.15) is 0 Å². The van der Waals surface area contributed by atoms with Crippen molar-refractivity contribution >= 4 is 53.4 Å². The Labute approximate surface area is 54.1 Å². The second kappa shape index (κ2) is 2.61. The van der Waals surface area contributed by atoms with Crippen LogP contribution in [0.1, 0.15) is 0 Å². The van der Waals surface area contributed by atoms with E-state index in [-0.39, 0.29) is 0 Å². The Morgan fingerprint density at radius 3 is 1.50 bits per heavy atom. The fourth-order valence-electron chi connectivity index (χ4n) is 0.663. The molecule has 0 aromatic carbocycles. The second-order valence-corrected chi connectivity index (χ2v) is 2.08. The summed E-state index contributed by atoms with van der Waals surface area (Å²) in [5.41, 5.74) is 0. The van der Waals surface area contributed by atoms with Crippen molar-refractivity contribution in [3.05, 3.63) is 0 Å². The van der Waals surface area contributed by atoms with Crippen LogP contribution in [-0.4, -0.2) is 42.7 Å². The molecule has 0 radical (unpaired) electrons. The molecule has 0 bridgehead atoms. The Hall–Kier alpha value is 0.130. The molecule has 0 atom stereocenters. The van der Waals surface area contributed by atoms with Gasteiger partial charge in [0.1, 0.15) is 0 Å². The summed E-state index contributed by atoms with van der Waals surface area (Å²) in [6.07, 6.45) is 0. The monoisotopic (exact) mass is 94.1 g/mol. The van der Waals surface area contributed by atoms with E-state index in [1.54, 1.807) is 0 Å². The predicted molar refractivity (Wildman–Crippen MR) is 48.2 cm³/mol. The Morgan fingerprint density at radius 1 is 0.875 bits per heavy atom. The van der Waals surface area contributed by atoms with E-state index < -0.39 is 0 Å². The average Bonchev–Trinajstić information content (AvgIpc) is 1.77. The van der Waals surface area contributed by atoms with E-state index in [0.717, 1.165) is 0 Å². The van der Waals surface area contributed by atoms with E-state index in [0.29, 0.717) is 0 Å². The third-order valence-corrected chi connectivity index (χ3v) is 1.43. The standard InChI is InChI=1S/C2H4B6/c3-1-2(4)6-8-7-5-1/h3-4H2. The first-order valence-corrected chi connectivity index (χ1v) is 2.83. The first kappa shape index (κ1) is 6.25. The van der Waals surface area contributed by atoms with Crippen LogP contribution < -0.4 is 10.7 Å². The van der Waals surface area contributed by atoms with Crippen LogP contribution in [0.3, 0.4) is 0 Å². The van der Waals surface area contributed by atoms with Crippen molar-refractivity contribution in [1.82, 2.24) is 0 Å². The third-order valence-electron chi connectivity index (χ3n) is 1.43. The van der Waals surface area contributed by atoms with Gasteiger partial charge in [0.15, 0.2) is 0 Å². The van der Waals surface area contributed by atoms with Crippen LogP contribution in [0.25, 0.3) is 0 Å². The fourth-order valence-corrected chi connectivity index (χ4v) is 0.663. The maximum absolute atomic E-state index is 2.12. The van der Waals surface area contributed by atoms with E-state index in [1.165, 1.54) is 10.7 Å². The van der Waals surface area contributed by atoms with E-state index in [9.17, 15) is 0 Å². The first-order chi connectivity index (χ1) is 3.80. The summed E-state index contributed by atoms with van der Waals surface area (Å²) in [4.78, 5) is 0. The summed E-state index contributed by atoms with van der Waals surface area (Å²) in [6.45, 7) is 8.36. The van der Waals surface area contributed by atoms with Gasteiger partial charge in [-0.15, -0.1) is 0 Å². The summed E-state index contributed by atoms with van der Waals surface area (Å²) >= 11 is 0. The summed E-state index contributed by atoms with van der Waals surface area (Å²) in [5, 5.41) is 2.74. The molecule has 0 spiro atoms. The third kappa shape index (κ3) is 1.30. The van der Waals surface area contributed by atoms with E-state index in [4.69, 9.17) is 0 Å². The zero-order valence-corrected chi connectivity index (χ0v) is 5.31. The van der Waals surface area contributed by atoms with Crippen LogP contribution in [-0.2, 0) is 0 Å². The van der Waals surface area contributed by atoms with Crippen LogP contribution in [0.4, 0.5) is 0 Å². The molecule has 1 rings (SSSR count). The minimum atomic E-state index is 1.37. The molecule has 6 heteroatoms. The number of rotatable bonds is 0. The summed E-state index contributed by atoms with van der Waals surface area (Å²) in [7, 11) is 4.24. The minimum absolute atomic E-state index is 1.37. The average molecular weight is 92.9 g/mol. The van der Waals surface area contributed by atoms with Crippen molar-refractivity contribution in [2.24, 2.45) is 0 Å². The van der Waals surface area contributed by atoms with Crippen LogP contribution in [0, 0.1) is 0 Å². The van der Waals surface area contributed by atoms with Gasteiger partial charge in [-0.3, -0.25) is 0 Å². The van der Waals surface area contributed by atoms with E-state index in [1.807, 2.05) is 0 Å². The van der Waals surface area contributed by atoms with Crippen LogP contribution in [0.5, 0.6) is 0 Å². The topological polar surface area (TPSA) is 0 Å². The van der Waals surface area contributed by atoms with Gasteiger partial charge in [0.05, 0.1) is 0 Å². The van der Waals surface area contributed by atoms with E-state index in [2.05, 4.69) is 42.7 Å². The molecule has 0 saturated heterocycles. The van der Waals surface area contributed by atoms with Crippen LogP contribution in [0.2, 0.25) is 0 Å². The van der Waals surface area contributed by atoms with Crippen LogP contribution in [0.15, 0.2) is 0 Å². The number of hydrogen-bond donors (Lipinski definition) is 0. The summed E-state index contributed by atoms with van der Waals surface area (Å²) in [6, 6.07) is 0. The van der Waals surface area contributed by atoms with Gasteiger partial charge in [-0.25, -0.2) is 0 Å². The SMILES string of the molecule is Bc1bbbbc1B. The Bertz CT molecular complexity index is 163. The van der Waals surface area contributed by atoms with Gasteiger partial charge in [0, 0.05) is 0 Å². The molecule has 30 valence electrons. The number of hydrogen-bond acceptors (Lipinski definition) is 0. The fraction of sp³-hybridized carbons (Fsp3) is 0. The quantitative estimate of drug-likeness (QED) is 0.284. The zero-order chi connectivity index (χ0) is 5.98. The maximum atomic E-state index is 2.12. The molecule has 0 nitrogen and oxygen atoms in total. The van der Waals surface area contributed by atoms with Crippen molar-refractivity contribution in [2.45, 2.75) is 0 Å². The molecule has 1 aromatic heterocycles. The summed E-state index contributed by atoms with van der Waals surface area (Å²) in [5.74, 6) is 0. The van der Waals surface area contributed by atoms with Gasteiger partial charge < -0.3 is 0 Å². The molecule has 0 unspecified atom stereocenters. The molecule has 0 aliphatic rings.